The van der Waals surface area contributed by atoms with E-state index in [4.69, 9.17) is 0 Å². The van der Waals surface area contributed by atoms with Crippen molar-refractivity contribution in [2.75, 3.05) is 20.2 Å². The number of carbonyl (C=O) groups is 3. The van der Waals surface area contributed by atoms with Crippen molar-refractivity contribution in [3.63, 3.8) is 0 Å². The van der Waals surface area contributed by atoms with Gasteiger partial charge in [-0.25, -0.2) is 8.78 Å². The maximum atomic E-state index is 13.5. The van der Waals surface area contributed by atoms with Gasteiger partial charge in [-0.15, -0.1) is 0 Å². The van der Waals surface area contributed by atoms with Crippen LogP contribution in [0.3, 0.4) is 0 Å². The van der Waals surface area contributed by atoms with Crippen molar-refractivity contribution in [3.8, 4) is 0 Å². The standard InChI is InChI=1S/C16H20F2N2O4/c1-10(2)20(9-15(22)24-3)14(21)6-7-19-16(23)12-5-4-11(17)8-13(12)18/h4-5,8,10H,6-7,9H2,1-3H3,(H,19,23). The molecule has 0 spiro atoms. The zero-order chi connectivity index (χ0) is 18.3. The average Bonchev–Trinajstić information content (AvgIpc) is 2.51. The summed E-state index contributed by atoms with van der Waals surface area (Å²) in [5.74, 6) is -3.41. The molecule has 0 saturated carbocycles. The number of ether oxygens (including phenoxy) is 1. The van der Waals surface area contributed by atoms with Crippen LogP contribution in [-0.2, 0) is 14.3 Å². The number of halogens is 2. The summed E-state index contributed by atoms with van der Waals surface area (Å²) in [5, 5.41) is 2.39. The second kappa shape index (κ2) is 8.95. The van der Waals surface area contributed by atoms with Gasteiger partial charge in [-0.05, 0) is 26.0 Å². The number of hydrogen-bond donors (Lipinski definition) is 1. The van der Waals surface area contributed by atoms with Gasteiger partial charge in [-0.1, -0.05) is 0 Å². The summed E-state index contributed by atoms with van der Waals surface area (Å²) in [6.45, 7) is 3.26. The fourth-order valence-electron chi connectivity index (χ4n) is 1.96. The highest BCUT2D eigenvalue weighted by Gasteiger charge is 2.20. The first-order valence-electron chi connectivity index (χ1n) is 7.35. The van der Waals surface area contributed by atoms with Crippen LogP contribution in [0.5, 0.6) is 0 Å². The summed E-state index contributed by atoms with van der Waals surface area (Å²) in [7, 11) is 1.22. The van der Waals surface area contributed by atoms with Gasteiger partial charge in [0.05, 0.1) is 12.7 Å². The van der Waals surface area contributed by atoms with Gasteiger partial charge >= 0.3 is 5.97 Å². The molecular formula is C16H20F2N2O4. The Bertz CT molecular complexity index is 620. The molecule has 0 bridgehead atoms. The minimum atomic E-state index is -0.978. The lowest BCUT2D eigenvalue weighted by atomic mass is 10.2. The van der Waals surface area contributed by atoms with E-state index in [2.05, 4.69) is 10.1 Å². The van der Waals surface area contributed by atoms with Gasteiger partial charge in [0.15, 0.2) is 0 Å². The number of carbonyl (C=O) groups excluding carboxylic acids is 3. The van der Waals surface area contributed by atoms with Gasteiger partial charge in [-0.2, -0.15) is 0 Å². The van der Waals surface area contributed by atoms with E-state index in [9.17, 15) is 23.2 Å². The molecule has 0 atom stereocenters. The van der Waals surface area contributed by atoms with Crippen molar-refractivity contribution in [3.05, 3.63) is 35.4 Å². The molecule has 132 valence electrons. The molecule has 1 aromatic carbocycles. The molecular weight excluding hydrogens is 322 g/mol. The van der Waals surface area contributed by atoms with Crippen molar-refractivity contribution in [2.24, 2.45) is 0 Å². The van der Waals surface area contributed by atoms with E-state index in [0.29, 0.717) is 6.07 Å². The molecule has 24 heavy (non-hydrogen) atoms. The number of rotatable bonds is 7. The molecule has 1 aromatic rings. The average molecular weight is 342 g/mol. The van der Waals surface area contributed by atoms with E-state index < -0.39 is 23.5 Å². The van der Waals surface area contributed by atoms with E-state index in [1.54, 1.807) is 13.8 Å². The van der Waals surface area contributed by atoms with Gasteiger partial charge in [0, 0.05) is 25.1 Å². The Balaban J connectivity index is 2.57. The van der Waals surface area contributed by atoms with E-state index in [-0.39, 0.29) is 37.0 Å². The number of methoxy groups -OCH3 is 1. The Labute approximate surface area is 138 Å². The zero-order valence-electron chi connectivity index (χ0n) is 13.8. The normalized spacial score (nSPS) is 10.4. The predicted octanol–water partition coefficient (Wildman–Crippen LogP) is 1.49. The number of esters is 1. The second-order valence-electron chi connectivity index (χ2n) is 5.32. The summed E-state index contributed by atoms with van der Waals surface area (Å²) >= 11 is 0. The molecule has 0 radical (unpaired) electrons. The number of nitrogens with one attached hydrogen (secondary N) is 1. The lowest BCUT2D eigenvalue weighted by molar-refractivity contribution is -0.148. The van der Waals surface area contributed by atoms with Crippen LogP contribution < -0.4 is 5.32 Å². The van der Waals surface area contributed by atoms with E-state index in [1.165, 1.54) is 12.0 Å². The van der Waals surface area contributed by atoms with Gasteiger partial charge in [0.25, 0.3) is 5.91 Å². The number of nitrogens with zero attached hydrogens (tertiary/aromatic N) is 1. The van der Waals surface area contributed by atoms with Crippen LogP contribution in [0.15, 0.2) is 18.2 Å². The van der Waals surface area contributed by atoms with E-state index in [1.807, 2.05) is 0 Å². The molecule has 0 aromatic heterocycles. The lowest BCUT2D eigenvalue weighted by Gasteiger charge is -2.25. The minimum Gasteiger partial charge on any atom is -0.468 e. The number of hydrogen-bond acceptors (Lipinski definition) is 4. The minimum absolute atomic E-state index is 0.0428. The molecule has 6 nitrogen and oxygen atoms in total. The molecule has 0 saturated heterocycles. The van der Waals surface area contributed by atoms with E-state index >= 15 is 0 Å². The summed E-state index contributed by atoms with van der Waals surface area (Å²) in [6.07, 6.45) is -0.0657. The van der Waals surface area contributed by atoms with Crippen molar-refractivity contribution in [2.45, 2.75) is 26.3 Å². The fourth-order valence-corrected chi connectivity index (χ4v) is 1.96. The molecule has 0 aliphatic heterocycles. The first-order chi connectivity index (χ1) is 11.3. The quantitative estimate of drug-likeness (QED) is 0.762. The first-order valence-corrected chi connectivity index (χ1v) is 7.35. The van der Waals surface area contributed by atoms with Crippen LogP contribution in [0.25, 0.3) is 0 Å². The topological polar surface area (TPSA) is 75.7 Å². The SMILES string of the molecule is COC(=O)CN(C(=O)CCNC(=O)c1ccc(F)cc1F)C(C)C. The summed E-state index contributed by atoms with van der Waals surface area (Å²) in [4.78, 5) is 36.5. The van der Waals surface area contributed by atoms with Crippen LogP contribution in [0.4, 0.5) is 8.78 Å². The van der Waals surface area contributed by atoms with E-state index in [0.717, 1.165) is 12.1 Å². The van der Waals surface area contributed by atoms with Crippen molar-refractivity contribution in [1.29, 1.82) is 0 Å². The third-order valence-electron chi connectivity index (χ3n) is 3.27. The number of benzene rings is 1. The van der Waals surface area contributed by atoms with Crippen molar-refractivity contribution < 1.29 is 27.9 Å². The molecule has 2 amide bonds. The molecule has 0 aliphatic rings. The van der Waals surface area contributed by atoms with Gasteiger partial charge in [0.1, 0.15) is 18.2 Å². The highest BCUT2D eigenvalue weighted by Crippen LogP contribution is 2.09. The maximum absolute atomic E-state index is 13.5. The Morgan fingerprint density at radius 2 is 1.92 bits per heavy atom. The zero-order valence-corrected chi connectivity index (χ0v) is 13.8. The maximum Gasteiger partial charge on any atom is 0.325 e. The van der Waals surface area contributed by atoms with Crippen LogP contribution in [0.2, 0.25) is 0 Å². The Kier molecular flexibility index (Phi) is 7.29. The molecule has 0 aliphatic carbocycles. The third-order valence-corrected chi connectivity index (χ3v) is 3.27. The van der Waals surface area contributed by atoms with Crippen LogP contribution in [-0.4, -0.2) is 48.9 Å². The third kappa shape index (κ3) is 5.60. The second-order valence-corrected chi connectivity index (χ2v) is 5.32. The largest absolute Gasteiger partial charge is 0.468 e. The molecule has 1 rings (SSSR count). The summed E-state index contributed by atoms with van der Waals surface area (Å²) in [5.41, 5.74) is -0.306. The molecule has 0 fully saturated rings. The fraction of sp³-hybridized carbons (Fsp3) is 0.438. The Hall–Kier alpha value is -2.51. The smallest absolute Gasteiger partial charge is 0.325 e. The Morgan fingerprint density at radius 1 is 1.25 bits per heavy atom. The molecule has 0 unspecified atom stereocenters. The summed E-state index contributed by atoms with van der Waals surface area (Å²) < 4.78 is 30.8. The predicted molar refractivity (Wildman–Crippen MR) is 82.2 cm³/mol. The highest BCUT2D eigenvalue weighted by molar-refractivity contribution is 5.94. The monoisotopic (exact) mass is 342 g/mol. The molecule has 1 N–H and O–H groups in total. The van der Waals surface area contributed by atoms with Crippen LogP contribution in [0, 0.1) is 11.6 Å². The van der Waals surface area contributed by atoms with Gasteiger partial charge in [-0.3, -0.25) is 14.4 Å². The highest BCUT2D eigenvalue weighted by atomic mass is 19.1. The number of amides is 2. The molecule has 8 heteroatoms. The van der Waals surface area contributed by atoms with Crippen molar-refractivity contribution >= 4 is 17.8 Å². The van der Waals surface area contributed by atoms with Crippen LogP contribution >= 0.6 is 0 Å². The van der Waals surface area contributed by atoms with Crippen molar-refractivity contribution in [1.82, 2.24) is 10.2 Å². The summed E-state index contributed by atoms with van der Waals surface area (Å²) in [6, 6.07) is 2.39. The van der Waals surface area contributed by atoms with Crippen LogP contribution in [0.1, 0.15) is 30.6 Å². The Morgan fingerprint density at radius 3 is 2.46 bits per heavy atom. The molecule has 0 heterocycles. The van der Waals surface area contributed by atoms with Gasteiger partial charge in [0.2, 0.25) is 5.91 Å². The lowest BCUT2D eigenvalue weighted by Crippen LogP contribution is -2.42. The first kappa shape index (κ1) is 19.5. The van der Waals surface area contributed by atoms with Gasteiger partial charge < -0.3 is 15.0 Å².